The number of amides is 2. The van der Waals surface area contributed by atoms with Crippen LogP contribution in [0.1, 0.15) is 12.8 Å². The molecule has 1 aliphatic carbocycles. The van der Waals surface area contributed by atoms with Crippen molar-refractivity contribution in [3.8, 4) is 0 Å². The van der Waals surface area contributed by atoms with Crippen molar-refractivity contribution in [1.29, 1.82) is 0 Å². The van der Waals surface area contributed by atoms with Crippen LogP contribution >= 0.6 is 0 Å². The van der Waals surface area contributed by atoms with Crippen molar-refractivity contribution < 1.29 is 27.9 Å². The van der Waals surface area contributed by atoms with Crippen LogP contribution in [0, 0.1) is 5.92 Å². The van der Waals surface area contributed by atoms with Crippen LogP contribution in [0.25, 0.3) is 0 Å². The quantitative estimate of drug-likeness (QED) is 0.819. The van der Waals surface area contributed by atoms with Crippen molar-refractivity contribution in [2.45, 2.75) is 19.0 Å². The minimum absolute atomic E-state index is 0.202. The molecule has 0 bridgehead atoms. The standard InChI is InChI=1S/C10H15F3N2O3/c1-14(6-10(11,12)13)9(18)15(5-8(16)17)4-7-2-3-7/h7H,2-6H2,1H3,(H,16,17). The van der Waals surface area contributed by atoms with Crippen LogP contribution in [-0.2, 0) is 4.79 Å². The summed E-state index contributed by atoms with van der Waals surface area (Å²) < 4.78 is 36.4. The van der Waals surface area contributed by atoms with E-state index in [4.69, 9.17) is 5.11 Å². The molecule has 0 spiro atoms. The second-order valence-corrected chi connectivity index (χ2v) is 4.47. The zero-order chi connectivity index (χ0) is 13.9. The fourth-order valence-electron chi connectivity index (χ4n) is 1.56. The Hall–Kier alpha value is -1.47. The van der Waals surface area contributed by atoms with Crippen LogP contribution < -0.4 is 0 Å². The first-order valence-corrected chi connectivity index (χ1v) is 5.47. The van der Waals surface area contributed by atoms with Gasteiger partial charge in [0.15, 0.2) is 0 Å². The third kappa shape index (κ3) is 5.24. The van der Waals surface area contributed by atoms with E-state index in [1.54, 1.807) is 0 Å². The summed E-state index contributed by atoms with van der Waals surface area (Å²) in [5.74, 6) is -1.02. The number of carboxylic acids is 1. The fourth-order valence-corrected chi connectivity index (χ4v) is 1.56. The molecular formula is C10H15F3N2O3. The summed E-state index contributed by atoms with van der Waals surface area (Å²) in [5, 5.41) is 8.65. The van der Waals surface area contributed by atoms with E-state index >= 15 is 0 Å². The number of carboxylic acid groups (broad SMARTS) is 1. The number of carbonyl (C=O) groups is 2. The molecule has 104 valence electrons. The van der Waals surface area contributed by atoms with Crippen molar-refractivity contribution >= 4 is 12.0 Å². The van der Waals surface area contributed by atoms with Crippen molar-refractivity contribution in [2.75, 3.05) is 26.7 Å². The third-order valence-corrected chi connectivity index (χ3v) is 2.52. The van der Waals surface area contributed by atoms with Crippen LogP contribution in [0.2, 0.25) is 0 Å². The van der Waals surface area contributed by atoms with Gasteiger partial charge in [-0.3, -0.25) is 4.79 Å². The molecule has 1 aliphatic rings. The van der Waals surface area contributed by atoms with Gasteiger partial charge in [0.05, 0.1) is 0 Å². The third-order valence-electron chi connectivity index (χ3n) is 2.52. The molecule has 0 saturated heterocycles. The highest BCUT2D eigenvalue weighted by atomic mass is 19.4. The number of hydrogen-bond acceptors (Lipinski definition) is 2. The molecule has 8 heteroatoms. The topological polar surface area (TPSA) is 60.9 Å². The summed E-state index contributed by atoms with van der Waals surface area (Å²) in [6, 6.07) is -0.901. The van der Waals surface area contributed by atoms with Gasteiger partial charge >= 0.3 is 18.2 Å². The largest absolute Gasteiger partial charge is 0.480 e. The summed E-state index contributed by atoms with van der Waals surface area (Å²) in [6.07, 6.45) is -2.72. The summed E-state index contributed by atoms with van der Waals surface area (Å²) >= 11 is 0. The molecule has 1 fully saturated rings. The Bertz CT molecular complexity index is 329. The predicted octanol–water partition coefficient (Wildman–Crippen LogP) is 1.40. The highest BCUT2D eigenvalue weighted by Crippen LogP contribution is 2.30. The molecule has 0 aromatic carbocycles. The van der Waals surface area contributed by atoms with Crippen LogP contribution in [-0.4, -0.2) is 59.8 Å². The van der Waals surface area contributed by atoms with Crippen molar-refractivity contribution in [3.05, 3.63) is 0 Å². The van der Waals surface area contributed by atoms with Gasteiger partial charge in [0.25, 0.3) is 0 Å². The Kier molecular flexibility index (Phi) is 4.42. The monoisotopic (exact) mass is 268 g/mol. The Morgan fingerprint density at radius 3 is 2.28 bits per heavy atom. The number of aliphatic carboxylic acids is 1. The number of alkyl halides is 3. The molecule has 0 aromatic heterocycles. The van der Waals surface area contributed by atoms with Crippen LogP contribution in [0.4, 0.5) is 18.0 Å². The van der Waals surface area contributed by atoms with Gasteiger partial charge < -0.3 is 14.9 Å². The highest BCUT2D eigenvalue weighted by Gasteiger charge is 2.34. The summed E-state index contributed by atoms with van der Waals surface area (Å²) in [7, 11) is 1.01. The van der Waals surface area contributed by atoms with E-state index in [1.807, 2.05) is 0 Å². The maximum Gasteiger partial charge on any atom is 0.406 e. The molecule has 0 aliphatic heterocycles. The van der Waals surface area contributed by atoms with Gasteiger partial charge in [-0.1, -0.05) is 0 Å². The molecule has 0 aromatic rings. The Balaban J connectivity index is 2.58. The lowest BCUT2D eigenvalue weighted by atomic mass is 10.3. The minimum Gasteiger partial charge on any atom is -0.480 e. The van der Waals surface area contributed by atoms with Gasteiger partial charge in [0.2, 0.25) is 0 Å². The number of halogens is 3. The van der Waals surface area contributed by atoms with Gasteiger partial charge in [-0.05, 0) is 18.8 Å². The molecule has 18 heavy (non-hydrogen) atoms. The molecule has 5 nitrogen and oxygen atoms in total. The van der Waals surface area contributed by atoms with E-state index in [1.165, 1.54) is 0 Å². The van der Waals surface area contributed by atoms with E-state index in [9.17, 15) is 22.8 Å². The molecule has 0 atom stereocenters. The number of urea groups is 1. The maximum atomic E-state index is 12.1. The second kappa shape index (κ2) is 5.45. The molecular weight excluding hydrogens is 253 g/mol. The lowest BCUT2D eigenvalue weighted by molar-refractivity contribution is -0.140. The smallest absolute Gasteiger partial charge is 0.406 e. The summed E-state index contributed by atoms with van der Waals surface area (Å²) in [6.45, 7) is -1.75. The maximum absolute atomic E-state index is 12.1. The molecule has 1 rings (SSSR count). The van der Waals surface area contributed by atoms with E-state index < -0.39 is 31.3 Å². The van der Waals surface area contributed by atoms with Crippen LogP contribution in [0.15, 0.2) is 0 Å². The number of hydrogen-bond donors (Lipinski definition) is 1. The molecule has 0 radical (unpaired) electrons. The molecule has 2 amide bonds. The SMILES string of the molecule is CN(CC(F)(F)F)C(=O)N(CC(=O)O)CC1CC1. The molecule has 1 N–H and O–H groups in total. The van der Waals surface area contributed by atoms with E-state index in [0.717, 1.165) is 24.8 Å². The Labute approximate surface area is 102 Å². The highest BCUT2D eigenvalue weighted by molar-refractivity contribution is 5.80. The number of rotatable bonds is 5. The minimum atomic E-state index is -4.49. The van der Waals surface area contributed by atoms with Crippen molar-refractivity contribution in [1.82, 2.24) is 9.80 Å². The number of nitrogens with zero attached hydrogens (tertiary/aromatic N) is 2. The second-order valence-electron chi connectivity index (χ2n) is 4.47. The zero-order valence-electron chi connectivity index (χ0n) is 9.90. The lowest BCUT2D eigenvalue weighted by Gasteiger charge is -2.27. The van der Waals surface area contributed by atoms with E-state index in [0.29, 0.717) is 4.90 Å². The van der Waals surface area contributed by atoms with Crippen molar-refractivity contribution in [3.63, 3.8) is 0 Å². The van der Waals surface area contributed by atoms with Gasteiger partial charge in [0.1, 0.15) is 13.1 Å². The van der Waals surface area contributed by atoms with Crippen LogP contribution in [0.5, 0.6) is 0 Å². The average molecular weight is 268 g/mol. The molecule has 0 unspecified atom stereocenters. The summed E-state index contributed by atoms with van der Waals surface area (Å²) in [4.78, 5) is 23.7. The normalized spacial score (nSPS) is 15.3. The van der Waals surface area contributed by atoms with Crippen LogP contribution in [0.3, 0.4) is 0 Å². The van der Waals surface area contributed by atoms with E-state index in [-0.39, 0.29) is 12.5 Å². The molecule has 1 saturated carbocycles. The van der Waals surface area contributed by atoms with E-state index in [2.05, 4.69) is 0 Å². The van der Waals surface area contributed by atoms with Gasteiger partial charge in [-0.15, -0.1) is 0 Å². The Morgan fingerprint density at radius 1 is 1.33 bits per heavy atom. The van der Waals surface area contributed by atoms with Gasteiger partial charge in [-0.2, -0.15) is 13.2 Å². The Morgan fingerprint density at radius 2 is 1.89 bits per heavy atom. The van der Waals surface area contributed by atoms with Gasteiger partial charge in [-0.25, -0.2) is 4.79 Å². The first-order valence-electron chi connectivity index (χ1n) is 5.47. The predicted molar refractivity (Wildman–Crippen MR) is 56.0 cm³/mol. The first kappa shape index (κ1) is 14.6. The average Bonchev–Trinajstić information content (AvgIpc) is 2.96. The van der Waals surface area contributed by atoms with Crippen molar-refractivity contribution in [2.24, 2.45) is 5.92 Å². The van der Waals surface area contributed by atoms with Gasteiger partial charge in [0, 0.05) is 13.6 Å². The fraction of sp³-hybridized carbons (Fsp3) is 0.800. The first-order chi connectivity index (χ1) is 8.19. The summed E-state index contributed by atoms with van der Waals surface area (Å²) in [5.41, 5.74) is 0. The number of carbonyl (C=O) groups excluding carboxylic acids is 1. The lowest BCUT2D eigenvalue weighted by Crippen LogP contribution is -2.47. The molecule has 0 heterocycles. The zero-order valence-corrected chi connectivity index (χ0v) is 9.90.